The number of aromatic nitrogens is 6. The minimum atomic E-state index is -0.0970. The minimum absolute atomic E-state index is 0.0970. The molecule has 27 heavy (non-hydrogen) atoms. The number of nitrogens with one attached hydrogen (secondary N) is 1. The van der Waals surface area contributed by atoms with Crippen LogP contribution < -0.4 is 4.90 Å². The van der Waals surface area contributed by atoms with Crippen LogP contribution in [0.3, 0.4) is 0 Å². The Hall–Kier alpha value is -3.20. The number of fused-ring (bicyclic) bond motifs is 2. The molecule has 136 valence electrons. The first-order valence-corrected chi connectivity index (χ1v) is 8.90. The van der Waals surface area contributed by atoms with Crippen molar-refractivity contribution in [2.75, 3.05) is 31.1 Å². The van der Waals surface area contributed by atoms with Crippen molar-refractivity contribution in [1.82, 2.24) is 34.7 Å². The van der Waals surface area contributed by atoms with Crippen LogP contribution in [-0.2, 0) is 0 Å². The van der Waals surface area contributed by atoms with Crippen LogP contribution in [0.1, 0.15) is 10.5 Å². The van der Waals surface area contributed by atoms with Gasteiger partial charge >= 0.3 is 0 Å². The second-order valence-electron chi connectivity index (χ2n) is 6.34. The molecule has 4 aromatic rings. The molecule has 5 rings (SSSR count). The van der Waals surface area contributed by atoms with Gasteiger partial charge in [-0.2, -0.15) is 14.7 Å². The second kappa shape index (κ2) is 6.20. The van der Waals surface area contributed by atoms with Crippen LogP contribution in [0.4, 0.5) is 5.82 Å². The molecular weight excluding hydrogens is 368 g/mol. The Kier molecular flexibility index (Phi) is 3.68. The van der Waals surface area contributed by atoms with E-state index < -0.39 is 0 Å². The van der Waals surface area contributed by atoms with Crippen molar-refractivity contribution in [2.45, 2.75) is 0 Å². The lowest BCUT2D eigenvalue weighted by atomic mass is 10.2. The molecule has 10 heteroatoms. The van der Waals surface area contributed by atoms with E-state index in [1.165, 1.54) is 6.33 Å². The fourth-order valence-corrected chi connectivity index (χ4v) is 3.57. The van der Waals surface area contributed by atoms with E-state index in [4.69, 9.17) is 11.6 Å². The number of nitrogens with zero attached hydrogens (tertiary/aromatic N) is 7. The Morgan fingerprint density at radius 3 is 2.85 bits per heavy atom. The van der Waals surface area contributed by atoms with E-state index in [0.29, 0.717) is 42.5 Å². The number of hydrogen-bond acceptors (Lipinski definition) is 6. The molecule has 4 heterocycles. The summed E-state index contributed by atoms with van der Waals surface area (Å²) in [4.78, 5) is 25.3. The van der Waals surface area contributed by atoms with Gasteiger partial charge in [0.1, 0.15) is 6.33 Å². The van der Waals surface area contributed by atoms with Gasteiger partial charge < -0.3 is 9.80 Å². The maximum absolute atomic E-state index is 12.9. The van der Waals surface area contributed by atoms with E-state index in [1.54, 1.807) is 29.0 Å². The third kappa shape index (κ3) is 2.67. The van der Waals surface area contributed by atoms with Crippen LogP contribution in [0, 0.1) is 0 Å². The summed E-state index contributed by atoms with van der Waals surface area (Å²) in [5.41, 5.74) is 1.90. The number of benzene rings is 1. The van der Waals surface area contributed by atoms with Gasteiger partial charge in [0, 0.05) is 36.6 Å². The smallest absolute Gasteiger partial charge is 0.275 e. The number of carbonyl (C=O) groups is 1. The normalized spacial score (nSPS) is 15.0. The van der Waals surface area contributed by atoms with E-state index in [-0.39, 0.29) is 5.91 Å². The van der Waals surface area contributed by atoms with Gasteiger partial charge in [0.05, 0.1) is 17.9 Å². The van der Waals surface area contributed by atoms with Gasteiger partial charge in [-0.15, -0.1) is 0 Å². The Bertz CT molecular complexity index is 1140. The summed E-state index contributed by atoms with van der Waals surface area (Å²) < 4.78 is 1.76. The van der Waals surface area contributed by atoms with Gasteiger partial charge in [0.25, 0.3) is 5.91 Å². The average Bonchev–Trinajstić information content (AvgIpc) is 3.34. The van der Waals surface area contributed by atoms with E-state index in [0.717, 1.165) is 16.7 Å². The first-order valence-electron chi connectivity index (χ1n) is 8.52. The van der Waals surface area contributed by atoms with Crippen LogP contribution in [0.25, 0.3) is 16.6 Å². The summed E-state index contributed by atoms with van der Waals surface area (Å²) in [5.74, 6) is 0.773. The lowest BCUT2D eigenvalue weighted by Crippen LogP contribution is -2.49. The molecule has 1 amide bonds. The molecule has 1 aliphatic rings. The van der Waals surface area contributed by atoms with Crippen molar-refractivity contribution in [3.63, 3.8) is 0 Å². The molecule has 3 aromatic heterocycles. The highest BCUT2D eigenvalue weighted by Crippen LogP contribution is 2.23. The lowest BCUT2D eigenvalue weighted by molar-refractivity contribution is 0.0742. The van der Waals surface area contributed by atoms with Crippen LogP contribution in [0.15, 0.2) is 36.9 Å². The molecule has 0 atom stereocenters. The standard InChI is InChI=1S/C17H15ClN8O/c18-11-1-2-13-12(7-11)16(23-22-13)17(27)25-5-3-24(4-6-25)15-9-19-8-14-20-10-21-26(14)15/h1-2,7-10H,3-6H2,(H,22,23). The average molecular weight is 383 g/mol. The van der Waals surface area contributed by atoms with Crippen molar-refractivity contribution >= 4 is 39.9 Å². The summed E-state index contributed by atoms with van der Waals surface area (Å²) in [6.45, 7) is 2.52. The highest BCUT2D eigenvalue weighted by Gasteiger charge is 2.26. The number of rotatable bonds is 2. The van der Waals surface area contributed by atoms with Gasteiger partial charge in [-0.05, 0) is 18.2 Å². The molecule has 1 saturated heterocycles. The molecule has 0 bridgehead atoms. The van der Waals surface area contributed by atoms with E-state index in [9.17, 15) is 4.79 Å². The highest BCUT2D eigenvalue weighted by molar-refractivity contribution is 6.31. The third-order valence-corrected chi connectivity index (χ3v) is 5.02. The molecule has 1 N–H and O–H groups in total. The summed E-state index contributed by atoms with van der Waals surface area (Å²) in [7, 11) is 0. The zero-order valence-corrected chi connectivity index (χ0v) is 15.0. The topological polar surface area (TPSA) is 95.3 Å². The number of amides is 1. The Labute approximate surface area is 158 Å². The molecule has 1 aromatic carbocycles. The van der Waals surface area contributed by atoms with Gasteiger partial charge in [0.15, 0.2) is 17.2 Å². The summed E-state index contributed by atoms with van der Waals surface area (Å²) in [6, 6.07) is 5.36. The molecule has 1 fully saturated rings. The van der Waals surface area contributed by atoms with Crippen molar-refractivity contribution in [3.8, 4) is 0 Å². The maximum Gasteiger partial charge on any atom is 0.275 e. The van der Waals surface area contributed by atoms with Crippen LogP contribution in [-0.4, -0.2) is 66.8 Å². The zero-order valence-electron chi connectivity index (χ0n) is 14.2. The number of halogens is 1. The number of aromatic amines is 1. The highest BCUT2D eigenvalue weighted by atomic mass is 35.5. The predicted octanol–water partition coefficient (Wildman–Crippen LogP) is 1.62. The van der Waals surface area contributed by atoms with Crippen LogP contribution >= 0.6 is 11.6 Å². The quantitative estimate of drug-likeness (QED) is 0.566. The predicted molar refractivity (Wildman–Crippen MR) is 100 cm³/mol. The SMILES string of the molecule is O=C(c1n[nH]c2ccc(Cl)cc12)N1CCN(c2cncc3ncnn23)CC1. The second-order valence-corrected chi connectivity index (χ2v) is 6.77. The van der Waals surface area contributed by atoms with Gasteiger partial charge in [0.2, 0.25) is 0 Å². The Balaban J connectivity index is 1.36. The van der Waals surface area contributed by atoms with E-state index >= 15 is 0 Å². The number of hydrogen-bond donors (Lipinski definition) is 1. The number of piperazine rings is 1. The number of anilines is 1. The largest absolute Gasteiger partial charge is 0.352 e. The first-order chi connectivity index (χ1) is 13.2. The third-order valence-electron chi connectivity index (χ3n) is 4.79. The van der Waals surface area contributed by atoms with Crippen molar-refractivity contribution in [2.24, 2.45) is 0 Å². The summed E-state index contributed by atoms with van der Waals surface area (Å²) >= 11 is 6.07. The molecule has 0 radical (unpaired) electrons. The number of H-pyrrole nitrogens is 1. The van der Waals surface area contributed by atoms with Gasteiger partial charge in [-0.3, -0.25) is 14.9 Å². The fourth-order valence-electron chi connectivity index (χ4n) is 3.39. The molecule has 1 aliphatic heterocycles. The molecule has 0 unspecified atom stereocenters. The van der Waals surface area contributed by atoms with Crippen molar-refractivity contribution in [1.29, 1.82) is 0 Å². The molecule has 0 spiro atoms. The minimum Gasteiger partial charge on any atom is -0.352 e. The first kappa shape index (κ1) is 16.0. The monoisotopic (exact) mass is 382 g/mol. The molecule has 0 saturated carbocycles. The molecule has 0 aliphatic carbocycles. The van der Waals surface area contributed by atoms with Crippen molar-refractivity contribution in [3.05, 3.63) is 47.6 Å². The zero-order chi connectivity index (χ0) is 18.4. The van der Waals surface area contributed by atoms with Gasteiger partial charge in [-0.25, -0.2) is 4.98 Å². The van der Waals surface area contributed by atoms with E-state index in [2.05, 4.69) is 30.2 Å². The van der Waals surface area contributed by atoms with Gasteiger partial charge in [-0.1, -0.05) is 11.6 Å². The lowest BCUT2D eigenvalue weighted by Gasteiger charge is -2.35. The van der Waals surface area contributed by atoms with Crippen LogP contribution in [0.2, 0.25) is 5.02 Å². The molecule has 9 nitrogen and oxygen atoms in total. The molecular formula is C17H15ClN8O. The summed E-state index contributed by atoms with van der Waals surface area (Å²) in [6.07, 6.45) is 4.95. The van der Waals surface area contributed by atoms with Crippen LogP contribution in [0.5, 0.6) is 0 Å². The Morgan fingerprint density at radius 2 is 2.00 bits per heavy atom. The number of carbonyl (C=O) groups excluding carboxylic acids is 1. The summed E-state index contributed by atoms with van der Waals surface area (Å²) in [5, 5.41) is 12.7. The van der Waals surface area contributed by atoms with Crippen molar-refractivity contribution < 1.29 is 4.79 Å². The maximum atomic E-state index is 12.9. The Morgan fingerprint density at radius 1 is 1.15 bits per heavy atom. The van der Waals surface area contributed by atoms with E-state index in [1.807, 2.05) is 11.0 Å². The fraction of sp³-hybridized carbons (Fsp3) is 0.235.